The number of hydrogen-bond donors (Lipinski definition) is 1. The first-order valence-corrected chi connectivity index (χ1v) is 13.3. The van der Waals surface area contributed by atoms with Crippen LogP contribution >= 0.6 is 0 Å². The molecule has 2 fully saturated rings. The van der Waals surface area contributed by atoms with Gasteiger partial charge in [-0.2, -0.15) is 27.6 Å². The second-order valence-corrected chi connectivity index (χ2v) is 11.4. The summed E-state index contributed by atoms with van der Waals surface area (Å²) < 4.78 is 95.7. The highest BCUT2D eigenvalue weighted by atomic mass is 32.2. The van der Waals surface area contributed by atoms with Crippen molar-refractivity contribution in [1.82, 2.24) is 24.1 Å². The van der Waals surface area contributed by atoms with Crippen LogP contribution in [0.1, 0.15) is 24.8 Å². The lowest BCUT2D eigenvalue weighted by Gasteiger charge is -2.40. The minimum absolute atomic E-state index is 0.0913. The van der Waals surface area contributed by atoms with Gasteiger partial charge in [-0.15, -0.1) is 0 Å². The van der Waals surface area contributed by atoms with Gasteiger partial charge in [0, 0.05) is 44.5 Å². The van der Waals surface area contributed by atoms with Gasteiger partial charge in [-0.3, -0.25) is 0 Å². The maximum Gasteiger partial charge on any atom is 0.419 e. The van der Waals surface area contributed by atoms with E-state index >= 15 is 0 Å². The minimum atomic E-state index is -5.18. The molecule has 9 nitrogen and oxygen atoms in total. The van der Waals surface area contributed by atoms with Gasteiger partial charge in [0.25, 0.3) is 0 Å². The summed E-state index contributed by atoms with van der Waals surface area (Å²) >= 11 is 0. The number of piperazine rings is 1. The van der Waals surface area contributed by atoms with Crippen LogP contribution in [0.25, 0.3) is 22.3 Å². The molecular weight excluding hydrogens is 523 g/mol. The topological polar surface area (TPSA) is 104 Å². The number of sulfonamides is 1. The molecule has 0 radical (unpaired) electrons. The molecule has 1 aliphatic carbocycles. The third-order valence-electron chi connectivity index (χ3n) is 6.75. The molecular formula is C22H23F5N6O3S. The maximum atomic E-state index is 14.7. The van der Waals surface area contributed by atoms with Crippen molar-refractivity contribution in [3.63, 3.8) is 0 Å². The van der Waals surface area contributed by atoms with Crippen LogP contribution in [0.4, 0.5) is 27.9 Å². The van der Waals surface area contributed by atoms with E-state index in [0.717, 1.165) is 19.3 Å². The Morgan fingerprint density at radius 2 is 1.86 bits per heavy atom. The van der Waals surface area contributed by atoms with E-state index in [4.69, 9.17) is 0 Å². The van der Waals surface area contributed by atoms with Crippen molar-refractivity contribution in [1.29, 1.82) is 0 Å². The Morgan fingerprint density at radius 1 is 1.16 bits per heavy atom. The summed E-state index contributed by atoms with van der Waals surface area (Å²) in [5, 5.41) is 13.9. The van der Waals surface area contributed by atoms with Crippen LogP contribution in [0.5, 0.6) is 5.75 Å². The molecule has 37 heavy (non-hydrogen) atoms. The second-order valence-electron chi connectivity index (χ2n) is 9.48. The van der Waals surface area contributed by atoms with Crippen molar-refractivity contribution >= 4 is 27.0 Å². The zero-order valence-electron chi connectivity index (χ0n) is 19.8. The fourth-order valence-electron chi connectivity index (χ4n) is 4.77. The first kappa shape index (κ1) is 25.6. The summed E-state index contributed by atoms with van der Waals surface area (Å²) in [6.45, 7) is 0.920. The van der Waals surface area contributed by atoms with Crippen LogP contribution in [0.3, 0.4) is 0 Å². The molecule has 3 heterocycles. The lowest BCUT2D eigenvalue weighted by molar-refractivity contribution is -0.140. The molecule has 15 heteroatoms. The van der Waals surface area contributed by atoms with Gasteiger partial charge in [0.1, 0.15) is 5.69 Å². The molecule has 1 aromatic carbocycles. The van der Waals surface area contributed by atoms with E-state index in [-0.39, 0.29) is 41.3 Å². The molecule has 1 N–H and O–H groups in total. The Kier molecular flexibility index (Phi) is 6.05. The average molecular weight is 547 g/mol. The van der Waals surface area contributed by atoms with Crippen LogP contribution in [0.15, 0.2) is 12.3 Å². The van der Waals surface area contributed by atoms with Gasteiger partial charge in [-0.05, 0) is 18.4 Å². The fourth-order valence-corrected chi connectivity index (χ4v) is 5.88. The molecule has 0 bridgehead atoms. The molecule has 0 amide bonds. The van der Waals surface area contributed by atoms with Crippen molar-refractivity contribution in [2.45, 2.75) is 31.5 Å². The zero-order valence-corrected chi connectivity index (χ0v) is 20.6. The number of halogens is 5. The van der Waals surface area contributed by atoms with E-state index in [9.17, 15) is 35.5 Å². The smallest absolute Gasteiger partial charge is 0.419 e. The number of aryl methyl sites for hydroxylation is 1. The Bertz CT molecular complexity index is 1490. The van der Waals surface area contributed by atoms with Gasteiger partial charge in [0.05, 0.1) is 17.2 Å². The molecule has 0 unspecified atom stereocenters. The van der Waals surface area contributed by atoms with Gasteiger partial charge in [-0.1, -0.05) is 12.8 Å². The predicted octanol–water partition coefficient (Wildman–Crippen LogP) is 3.28. The highest BCUT2D eigenvalue weighted by Gasteiger charge is 2.39. The van der Waals surface area contributed by atoms with Crippen molar-refractivity contribution in [2.75, 3.05) is 30.8 Å². The lowest BCUT2D eigenvalue weighted by atomic mass is 10.0. The zero-order chi connectivity index (χ0) is 26.9. The van der Waals surface area contributed by atoms with E-state index in [1.807, 2.05) is 4.90 Å². The number of benzene rings is 1. The summed E-state index contributed by atoms with van der Waals surface area (Å²) in [4.78, 5) is 10.6. The van der Waals surface area contributed by atoms with Crippen molar-refractivity contribution in [2.24, 2.45) is 13.0 Å². The number of alkyl halides is 3. The predicted molar refractivity (Wildman–Crippen MR) is 123 cm³/mol. The maximum absolute atomic E-state index is 14.7. The summed E-state index contributed by atoms with van der Waals surface area (Å²) in [5.41, 5.74) is -2.71. The molecule has 1 saturated heterocycles. The lowest BCUT2D eigenvalue weighted by Crippen LogP contribution is -2.55. The van der Waals surface area contributed by atoms with Crippen LogP contribution < -0.4 is 4.90 Å². The third-order valence-corrected chi connectivity index (χ3v) is 8.08. The number of aromatic hydroxyl groups is 1. The largest absolute Gasteiger partial charge is 0.503 e. The normalized spacial score (nSPS) is 19.6. The number of hydrogen-bond acceptors (Lipinski definition) is 7. The van der Waals surface area contributed by atoms with Crippen molar-refractivity contribution in [3.05, 3.63) is 29.5 Å². The Morgan fingerprint density at radius 3 is 2.49 bits per heavy atom. The number of phenols is 1. The molecule has 2 aliphatic rings. The number of anilines is 1. The SMILES string of the molecule is Cn1nc(-c2cc(C(F)(F)F)c(F)c(O)c2F)c2cnc(N3CCN(S(C)(=O)=O)[C@@H](CC4CC4)C3)nc21. The van der Waals surface area contributed by atoms with Gasteiger partial charge >= 0.3 is 6.18 Å². The highest BCUT2D eigenvalue weighted by Crippen LogP contribution is 2.41. The Hall–Kier alpha value is -3.07. The summed E-state index contributed by atoms with van der Waals surface area (Å²) in [6, 6.07) is 0.00201. The molecule has 0 spiro atoms. The molecule has 2 aromatic heterocycles. The Balaban J connectivity index is 1.52. The van der Waals surface area contributed by atoms with Crippen LogP contribution in [0, 0.1) is 17.6 Å². The molecule has 1 atom stereocenters. The van der Waals surface area contributed by atoms with Crippen LogP contribution in [-0.4, -0.2) is 69.5 Å². The molecule has 1 saturated carbocycles. The van der Waals surface area contributed by atoms with Crippen LogP contribution in [0.2, 0.25) is 0 Å². The number of aromatic nitrogens is 4. The fraction of sp³-hybridized carbons (Fsp3) is 0.500. The Labute approximate surface area is 208 Å². The number of rotatable bonds is 5. The van der Waals surface area contributed by atoms with E-state index in [2.05, 4.69) is 15.1 Å². The minimum Gasteiger partial charge on any atom is -0.503 e. The van der Waals surface area contributed by atoms with E-state index in [1.165, 1.54) is 28.5 Å². The monoisotopic (exact) mass is 546 g/mol. The number of fused-ring (bicyclic) bond motifs is 1. The van der Waals surface area contributed by atoms with Crippen molar-refractivity contribution in [3.8, 4) is 17.0 Å². The summed E-state index contributed by atoms with van der Waals surface area (Å²) in [6.07, 6.45) is 0.102. The standard InChI is InChI=1S/C22H23F5N6O3S/c1-31-20-14(18(30-31)13-8-15(22(25,26)27)17(24)19(34)16(13)23)9-28-21(29-20)32-5-6-33(37(2,35)36)12(10-32)7-11-3-4-11/h8-9,11-12,34H,3-7,10H2,1-2H3/t12-/m0/s1. The van der Waals surface area contributed by atoms with E-state index in [0.29, 0.717) is 19.0 Å². The highest BCUT2D eigenvalue weighted by molar-refractivity contribution is 7.88. The third kappa shape index (κ3) is 4.69. The van der Waals surface area contributed by atoms with Gasteiger partial charge in [0.2, 0.25) is 16.0 Å². The van der Waals surface area contributed by atoms with E-state index in [1.54, 1.807) is 0 Å². The van der Waals surface area contributed by atoms with E-state index < -0.39 is 44.7 Å². The average Bonchev–Trinajstić information content (AvgIpc) is 3.57. The second kappa shape index (κ2) is 8.75. The summed E-state index contributed by atoms with van der Waals surface area (Å²) in [7, 11) is -1.95. The quantitative estimate of drug-likeness (QED) is 0.490. The molecule has 1 aliphatic heterocycles. The van der Waals surface area contributed by atoms with Crippen molar-refractivity contribution < 1.29 is 35.5 Å². The van der Waals surface area contributed by atoms with Gasteiger partial charge < -0.3 is 10.0 Å². The van der Waals surface area contributed by atoms with Gasteiger partial charge in [0.15, 0.2) is 23.0 Å². The summed E-state index contributed by atoms with van der Waals surface area (Å²) in [5.74, 6) is -4.72. The number of nitrogens with zero attached hydrogens (tertiary/aromatic N) is 6. The van der Waals surface area contributed by atoms with Gasteiger partial charge in [-0.25, -0.2) is 26.9 Å². The first-order valence-electron chi connectivity index (χ1n) is 11.5. The molecule has 200 valence electrons. The molecule has 3 aromatic rings. The first-order chi connectivity index (χ1) is 17.3. The van der Waals surface area contributed by atoms with Crippen LogP contribution in [-0.2, 0) is 23.2 Å². The molecule has 5 rings (SSSR count). The number of phenolic OH excluding ortho intramolecular Hbond substituents is 1.